The summed E-state index contributed by atoms with van der Waals surface area (Å²) in [5, 5.41) is 14.2. The number of nitro groups is 1. The van der Waals surface area contributed by atoms with Gasteiger partial charge in [0, 0.05) is 48.6 Å². The molecule has 0 bridgehead atoms. The second kappa shape index (κ2) is 11.2. The molecule has 9 heteroatoms. The lowest BCUT2D eigenvalue weighted by Gasteiger charge is -2.27. The number of thioether (sulfide) groups is 2. The maximum Gasteiger partial charge on any atom is 0.311 e. The van der Waals surface area contributed by atoms with E-state index in [0.29, 0.717) is 5.75 Å². The van der Waals surface area contributed by atoms with Crippen LogP contribution < -0.4 is 10.1 Å². The molecule has 3 rings (SSSR count). The number of rotatable bonds is 9. The molecule has 0 spiro atoms. The molecule has 2 aromatic rings. The Morgan fingerprint density at radius 2 is 2.03 bits per heavy atom. The summed E-state index contributed by atoms with van der Waals surface area (Å²) in [5.41, 5.74) is 2.68. The van der Waals surface area contributed by atoms with Gasteiger partial charge in [0.15, 0.2) is 5.75 Å². The Morgan fingerprint density at radius 1 is 1.27 bits per heavy atom. The number of carbonyl (C=O) groups excluding carboxylic acids is 1. The molecule has 1 aliphatic rings. The summed E-state index contributed by atoms with van der Waals surface area (Å²) in [4.78, 5) is 25.5. The van der Waals surface area contributed by atoms with Gasteiger partial charge in [0.1, 0.15) is 0 Å². The van der Waals surface area contributed by atoms with Gasteiger partial charge in [-0.2, -0.15) is 11.8 Å². The number of nitro benzene ring substituents is 1. The standard InChI is InChI=1S/C21H25N3O4S2/c1-28-20-7-6-16(12-19(20)24(26)27)14-30-15-21(25)22-18-5-3-2-4-17(18)13-23-8-10-29-11-9-23/h2-7,12H,8-11,13-15H2,1H3,(H,22,25). The first-order valence-corrected chi connectivity index (χ1v) is 11.9. The fourth-order valence-electron chi connectivity index (χ4n) is 3.20. The zero-order valence-corrected chi connectivity index (χ0v) is 18.5. The smallest absolute Gasteiger partial charge is 0.311 e. The summed E-state index contributed by atoms with van der Waals surface area (Å²) in [6.45, 7) is 2.97. The SMILES string of the molecule is COc1ccc(CSCC(=O)Nc2ccccc2CN2CCSCC2)cc1[N+](=O)[O-]. The molecule has 0 aromatic heterocycles. The Labute approximate surface area is 184 Å². The largest absolute Gasteiger partial charge is 0.490 e. The van der Waals surface area contributed by atoms with Crippen molar-refractivity contribution in [3.63, 3.8) is 0 Å². The fourth-order valence-corrected chi connectivity index (χ4v) is 4.95. The van der Waals surface area contributed by atoms with Crippen molar-refractivity contribution in [2.75, 3.05) is 42.8 Å². The van der Waals surface area contributed by atoms with Gasteiger partial charge in [0.25, 0.3) is 0 Å². The monoisotopic (exact) mass is 447 g/mol. The van der Waals surface area contributed by atoms with Gasteiger partial charge in [0.05, 0.1) is 17.8 Å². The number of carbonyl (C=O) groups is 1. The van der Waals surface area contributed by atoms with Crippen LogP contribution in [0.25, 0.3) is 0 Å². The third kappa shape index (κ3) is 6.38. The zero-order chi connectivity index (χ0) is 21.3. The summed E-state index contributed by atoms with van der Waals surface area (Å²) in [5.74, 6) is 3.23. The minimum absolute atomic E-state index is 0.0647. The van der Waals surface area contributed by atoms with E-state index in [2.05, 4.69) is 16.3 Å². The van der Waals surface area contributed by atoms with Crippen LogP contribution in [0.1, 0.15) is 11.1 Å². The molecule has 1 amide bonds. The summed E-state index contributed by atoms with van der Waals surface area (Å²) in [7, 11) is 1.41. The molecule has 1 heterocycles. The number of amides is 1. The van der Waals surface area contributed by atoms with Gasteiger partial charge in [-0.3, -0.25) is 19.8 Å². The van der Waals surface area contributed by atoms with Gasteiger partial charge >= 0.3 is 5.69 Å². The van der Waals surface area contributed by atoms with E-state index in [1.165, 1.54) is 24.9 Å². The third-order valence-corrected chi connectivity index (χ3v) is 6.68. The molecule has 0 aliphatic carbocycles. The molecule has 1 saturated heterocycles. The molecular formula is C21H25N3O4S2. The minimum atomic E-state index is -0.461. The molecule has 1 aliphatic heterocycles. The summed E-state index contributed by atoms with van der Waals surface area (Å²) >= 11 is 3.40. The van der Waals surface area contributed by atoms with Crippen molar-refractivity contribution in [1.82, 2.24) is 4.90 Å². The molecule has 0 unspecified atom stereocenters. The van der Waals surface area contributed by atoms with E-state index in [9.17, 15) is 14.9 Å². The van der Waals surface area contributed by atoms with Gasteiger partial charge in [-0.1, -0.05) is 24.3 Å². The maximum absolute atomic E-state index is 12.4. The highest BCUT2D eigenvalue weighted by Crippen LogP contribution is 2.29. The molecule has 0 saturated carbocycles. The highest BCUT2D eigenvalue weighted by atomic mass is 32.2. The minimum Gasteiger partial charge on any atom is -0.490 e. The Morgan fingerprint density at radius 3 is 2.77 bits per heavy atom. The van der Waals surface area contributed by atoms with Crippen LogP contribution in [0.15, 0.2) is 42.5 Å². The Hall–Kier alpha value is -2.23. The second-order valence-corrected chi connectivity index (χ2v) is 9.06. The van der Waals surface area contributed by atoms with E-state index < -0.39 is 4.92 Å². The lowest BCUT2D eigenvalue weighted by Crippen LogP contribution is -2.32. The van der Waals surface area contributed by atoms with Crippen molar-refractivity contribution in [2.45, 2.75) is 12.3 Å². The van der Waals surface area contributed by atoms with Crippen LogP contribution in [-0.4, -0.2) is 53.2 Å². The van der Waals surface area contributed by atoms with Crippen LogP contribution in [0.5, 0.6) is 5.75 Å². The van der Waals surface area contributed by atoms with Crippen molar-refractivity contribution in [3.05, 3.63) is 63.7 Å². The number of nitrogens with zero attached hydrogens (tertiary/aromatic N) is 2. The Bertz CT molecular complexity index is 888. The first-order chi connectivity index (χ1) is 14.6. The van der Waals surface area contributed by atoms with Crippen molar-refractivity contribution < 1.29 is 14.5 Å². The first-order valence-electron chi connectivity index (χ1n) is 9.63. The molecule has 0 radical (unpaired) electrons. The number of ether oxygens (including phenoxy) is 1. The number of nitrogens with one attached hydrogen (secondary N) is 1. The summed E-state index contributed by atoms with van der Waals surface area (Å²) < 4.78 is 5.02. The van der Waals surface area contributed by atoms with E-state index in [1.54, 1.807) is 12.1 Å². The predicted octanol–water partition coefficient (Wildman–Crippen LogP) is 4.02. The highest BCUT2D eigenvalue weighted by Gasteiger charge is 2.16. The quantitative estimate of drug-likeness (QED) is 0.459. The average molecular weight is 448 g/mol. The van der Waals surface area contributed by atoms with Crippen LogP contribution in [0.4, 0.5) is 11.4 Å². The molecule has 30 heavy (non-hydrogen) atoms. The number of hydrogen-bond acceptors (Lipinski definition) is 7. The topological polar surface area (TPSA) is 84.7 Å². The van der Waals surface area contributed by atoms with E-state index >= 15 is 0 Å². The maximum atomic E-state index is 12.4. The summed E-state index contributed by atoms with van der Waals surface area (Å²) in [6.07, 6.45) is 0. The molecule has 160 valence electrons. The number of hydrogen-bond donors (Lipinski definition) is 1. The molecule has 1 N–H and O–H groups in total. The molecule has 1 fully saturated rings. The number of para-hydroxylation sites is 1. The molecule has 7 nitrogen and oxygen atoms in total. The van der Waals surface area contributed by atoms with Crippen LogP contribution in [0.3, 0.4) is 0 Å². The molecule has 2 aromatic carbocycles. The van der Waals surface area contributed by atoms with Crippen molar-refractivity contribution >= 4 is 40.8 Å². The summed E-state index contributed by atoms with van der Waals surface area (Å²) in [6, 6.07) is 12.8. The van der Waals surface area contributed by atoms with Gasteiger partial charge < -0.3 is 10.1 Å². The van der Waals surface area contributed by atoms with E-state index in [4.69, 9.17) is 4.74 Å². The van der Waals surface area contributed by atoms with E-state index in [-0.39, 0.29) is 23.1 Å². The van der Waals surface area contributed by atoms with Gasteiger partial charge in [-0.15, -0.1) is 11.8 Å². The first kappa shape index (κ1) is 22.5. The number of benzene rings is 2. The lowest BCUT2D eigenvalue weighted by molar-refractivity contribution is -0.385. The van der Waals surface area contributed by atoms with Crippen LogP contribution in [0.2, 0.25) is 0 Å². The third-order valence-electron chi connectivity index (χ3n) is 4.73. The second-order valence-electron chi connectivity index (χ2n) is 6.85. The Kier molecular flexibility index (Phi) is 8.41. The average Bonchev–Trinajstić information content (AvgIpc) is 2.75. The fraction of sp³-hybridized carbons (Fsp3) is 0.381. The van der Waals surface area contributed by atoms with Gasteiger partial charge in [-0.25, -0.2) is 0 Å². The predicted molar refractivity (Wildman–Crippen MR) is 123 cm³/mol. The Balaban J connectivity index is 1.53. The highest BCUT2D eigenvalue weighted by molar-refractivity contribution is 7.99. The van der Waals surface area contributed by atoms with E-state index in [0.717, 1.165) is 48.0 Å². The lowest BCUT2D eigenvalue weighted by atomic mass is 10.1. The molecular weight excluding hydrogens is 422 g/mol. The normalized spacial score (nSPS) is 14.3. The van der Waals surface area contributed by atoms with Crippen molar-refractivity contribution in [3.8, 4) is 5.75 Å². The number of anilines is 1. The van der Waals surface area contributed by atoms with E-state index in [1.807, 2.05) is 30.0 Å². The van der Waals surface area contributed by atoms with Gasteiger partial charge in [0.2, 0.25) is 5.91 Å². The van der Waals surface area contributed by atoms with Crippen LogP contribution in [0, 0.1) is 10.1 Å². The molecule has 0 atom stereocenters. The van der Waals surface area contributed by atoms with Crippen LogP contribution in [-0.2, 0) is 17.1 Å². The van der Waals surface area contributed by atoms with Crippen LogP contribution >= 0.6 is 23.5 Å². The number of methoxy groups -OCH3 is 1. The zero-order valence-electron chi connectivity index (χ0n) is 16.8. The van der Waals surface area contributed by atoms with Gasteiger partial charge in [-0.05, 0) is 23.3 Å². The van der Waals surface area contributed by atoms with Crippen molar-refractivity contribution in [1.29, 1.82) is 0 Å². The van der Waals surface area contributed by atoms with Crippen molar-refractivity contribution in [2.24, 2.45) is 0 Å².